The van der Waals surface area contributed by atoms with Gasteiger partial charge in [0, 0.05) is 11.1 Å². The predicted molar refractivity (Wildman–Crippen MR) is 144 cm³/mol. The molecule has 4 rings (SSSR count). The van der Waals surface area contributed by atoms with E-state index in [-0.39, 0.29) is 22.3 Å². The number of benzene rings is 2. The monoisotopic (exact) mass is 548 g/mol. The molecule has 1 saturated heterocycles. The minimum atomic E-state index is -2.10. The fourth-order valence-electron chi connectivity index (χ4n) is 4.29. The van der Waals surface area contributed by atoms with Gasteiger partial charge in [0.15, 0.2) is 49.3 Å². The van der Waals surface area contributed by atoms with Gasteiger partial charge in [-0.05, 0) is 49.3 Å². The van der Waals surface area contributed by atoms with E-state index in [1.165, 1.54) is 14.2 Å². The molecule has 2 heterocycles. The molecule has 0 radical (unpaired) electrons. The van der Waals surface area contributed by atoms with E-state index in [9.17, 15) is 5.11 Å². The van der Waals surface area contributed by atoms with Crippen molar-refractivity contribution in [3.63, 3.8) is 0 Å². The maximum absolute atomic E-state index is 10.5. The molecule has 2 aromatic carbocycles. The Morgan fingerprint density at radius 2 is 1.50 bits per heavy atom. The van der Waals surface area contributed by atoms with Crippen molar-refractivity contribution in [1.29, 1.82) is 0 Å². The number of methoxy groups -OCH3 is 3. The molecule has 2 aliphatic rings. The summed E-state index contributed by atoms with van der Waals surface area (Å²) in [6.45, 7) is 14.1. The van der Waals surface area contributed by atoms with E-state index in [1.54, 1.807) is 19.2 Å². The van der Waals surface area contributed by atoms with E-state index in [0.717, 1.165) is 5.56 Å². The highest BCUT2D eigenvalue weighted by Crippen LogP contribution is 2.50. The number of rotatable bonds is 8. The van der Waals surface area contributed by atoms with Gasteiger partial charge in [-0.15, -0.1) is 0 Å². The molecule has 1 fully saturated rings. The van der Waals surface area contributed by atoms with Gasteiger partial charge in [0.1, 0.15) is 0 Å². The van der Waals surface area contributed by atoms with Gasteiger partial charge < -0.3 is 42.7 Å². The van der Waals surface area contributed by atoms with E-state index < -0.39 is 26.3 Å². The second-order valence-corrected chi connectivity index (χ2v) is 16.0. The van der Waals surface area contributed by atoms with Crippen LogP contribution in [0.4, 0.5) is 0 Å². The van der Waals surface area contributed by atoms with Crippen LogP contribution in [0.15, 0.2) is 24.3 Å². The van der Waals surface area contributed by atoms with Crippen LogP contribution >= 0.6 is 0 Å². The third-order valence-corrected chi connectivity index (χ3v) is 12.2. The van der Waals surface area contributed by atoms with E-state index in [2.05, 4.69) is 33.9 Å². The Balaban J connectivity index is 1.79. The summed E-state index contributed by atoms with van der Waals surface area (Å²) in [6.07, 6.45) is -1.13. The Kier molecular flexibility index (Phi) is 7.82. The molecule has 38 heavy (non-hydrogen) atoms. The molecule has 1 N–H and O–H groups in total. The normalized spacial score (nSPS) is 20.8. The molecule has 0 spiro atoms. The Bertz CT molecular complexity index is 1130. The summed E-state index contributed by atoms with van der Waals surface area (Å²) in [5, 5.41) is 10.5. The molecule has 10 heteroatoms. The zero-order valence-corrected chi connectivity index (χ0v) is 24.8. The molecule has 210 valence electrons. The predicted octanol–water partition coefficient (Wildman–Crippen LogP) is 5.54. The van der Waals surface area contributed by atoms with E-state index >= 15 is 0 Å². The highest BCUT2D eigenvalue weighted by atomic mass is 28.4. The van der Waals surface area contributed by atoms with Gasteiger partial charge in [-0.3, -0.25) is 0 Å². The molecule has 0 amide bonds. The van der Waals surface area contributed by atoms with Crippen molar-refractivity contribution in [1.82, 2.24) is 0 Å². The van der Waals surface area contributed by atoms with Crippen molar-refractivity contribution >= 4 is 8.32 Å². The van der Waals surface area contributed by atoms with Crippen LogP contribution in [0.1, 0.15) is 44.9 Å². The molecule has 9 nitrogen and oxygen atoms in total. The highest BCUT2D eigenvalue weighted by molar-refractivity contribution is 6.74. The van der Waals surface area contributed by atoms with Crippen molar-refractivity contribution in [2.45, 2.75) is 63.8 Å². The second-order valence-electron chi connectivity index (χ2n) is 11.2. The van der Waals surface area contributed by atoms with Crippen LogP contribution in [-0.4, -0.2) is 60.7 Å². The summed E-state index contributed by atoms with van der Waals surface area (Å²) < 4.78 is 48.1. The molecular formula is C28H40O9Si. The van der Waals surface area contributed by atoms with E-state index in [0.29, 0.717) is 42.6 Å². The molecule has 2 unspecified atom stereocenters. The maximum atomic E-state index is 10.5. The molecule has 2 aliphatic heterocycles. The minimum Gasteiger partial charge on any atom is -0.502 e. The Morgan fingerprint density at radius 3 is 2.03 bits per heavy atom. The number of fused-ring (bicyclic) bond motifs is 1. The highest BCUT2D eigenvalue weighted by Gasteiger charge is 2.43. The topological polar surface area (TPSA) is 94.1 Å². The van der Waals surface area contributed by atoms with Crippen LogP contribution in [0.2, 0.25) is 18.1 Å². The summed E-state index contributed by atoms with van der Waals surface area (Å²) >= 11 is 0. The lowest BCUT2D eigenvalue weighted by atomic mass is 10.0. The summed E-state index contributed by atoms with van der Waals surface area (Å²) in [5.41, 5.74) is 1.46. The molecule has 0 aliphatic carbocycles. The number of phenolic OH excluding ortho intramolecular Hbond substituents is 1. The first-order valence-corrected chi connectivity index (χ1v) is 15.7. The average molecular weight is 549 g/mol. The lowest BCUT2D eigenvalue weighted by Gasteiger charge is -2.40. The van der Waals surface area contributed by atoms with Crippen LogP contribution in [0.3, 0.4) is 0 Å². The van der Waals surface area contributed by atoms with Crippen molar-refractivity contribution in [3.8, 4) is 34.5 Å². The van der Waals surface area contributed by atoms with Gasteiger partial charge in [0.05, 0.1) is 41.2 Å². The summed E-state index contributed by atoms with van der Waals surface area (Å²) in [7, 11) is 2.46. The standard InChI is InChI=1S/C28H40O9Si/c1-27(2,3)38(8,9)35-16-23-25(17-12-19(30-5)24(29)20(13-17)31-6)36-22-15-18(28(4)33-10-11-34-28)14-21(32-7)26(22)37-23/h12-15,23,25,29H,10-11,16H2,1-9H3. The van der Waals surface area contributed by atoms with Crippen molar-refractivity contribution in [2.24, 2.45) is 0 Å². The summed E-state index contributed by atoms with van der Waals surface area (Å²) in [6, 6.07) is 7.16. The number of aromatic hydroxyl groups is 1. The first kappa shape index (κ1) is 28.3. The minimum absolute atomic E-state index is 0.0181. The smallest absolute Gasteiger partial charge is 0.204 e. The third-order valence-electron chi connectivity index (χ3n) is 7.71. The third kappa shape index (κ3) is 5.27. The average Bonchev–Trinajstić information content (AvgIpc) is 3.33. The zero-order chi connectivity index (χ0) is 27.9. The lowest BCUT2D eigenvalue weighted by molar-refractivity contribution is -0.150. The Labute approximate surface area is 226 Å². The SMILES string of the molecule is COc1cc(C2Oc3cc(C4(C)OCCO4)cc(OC)c3OC2CO[Si](C)(C)C(C)(C)C)cc(OC)c1O. The maximum Gasteiger partial charge on any atom is 0.204 e. The lowest BCUT2D eigenvalue weighted by Crippen LogP contribution is -2.46. The first-order valence-electron chi connectivity index (χ1n) is 12.8. The summed E-state index contributed by atoms with van der Waals surface area (Å²) in [5.74, 6) is 1.00. The molecule has 2 atom stereocenters. The number of ether oxygens (including phenoxy) is 7. The van der Waals surface area contributed by atoms with Crippen LogP contribution in [0.5, 0.6) is 34.5 Å². The van der Waals surface area contributed by atoms with Gasteiger partial charge >= 0.3 is 0 Å². The van der Waals surface area contributed by atoms with Crippen molar-refractivity contribution < 1.29 is 42.7 Å². The van der Waals surface area contributed by atoms with Crippen LogP contribution in [0.25, 0.3) is 0 Å². The van der Waals surface area contributed by atoms with Crippen LogP contribution in [-0.2, 0) is 19.7 Å². The van der Waals surface area contributed by atoms with Crippen molar-refractivity contribution in [3.05, 3.63) is 35.4 Å². The number of phenols is 1. The van der Waals surface area contributed by atoms with Gasteiger partial charge in [-0.2, -0.15) is 0 Å². The number of hydrogen-bond acceptors (Lipinski definition) is 9. The molecule has 0 aromatic heterocycles. The molecular weight excluding hydrogens is 508 g/mol. The largest absolute Gasteiger partial charge is 0.502 e. The summed E-state index contributed by atoms with van der Waals surface area (Å²) in [4.78, 5) is 0. The van der Waals surface area contributed by atoms with E-state index in [4.69, 9.17) is 37.6 Å². The Hall–Kier alpha value is -2.66. The second kappa shape index (κ2) is 10.5. The fraction of sp³-hybridized carbons (Fsp3) is 0.571. The van der Waals surface area contributed by atoms with Gasteiger partial charge in [-0.1, -0.05) is 20.8 Å². The van der Waals surface area contributed by atoms with Gasteiger partial charge in [0.2, 0.25) is 11.5 Å². The molecule has 0 bridgehead atoms. The van der Waals surface area contributed by atoms with Crippen LogP contribution < -0.4 is 23.7 Å². The van der Waals surface area contributed by atoms with Gasteiger partial charge in [-0.25, -0.2) is 0 Å². The number of hydrogen-bond donors (Lipinski definition) is 1. The molecule has 0 saturated carbocycles. The first-order chi connectivity index (χ1) is 17.8. The Morgan fingerprint density at radius 1 is 0.921 bits per heavy atom. The fourth-order valence-corrected chi connectivity index (χ4v) is 5.30. The molecule has 2 aromatic rings. The van der Waals surface area contributed by atoms with Gasteiger partial charge in [0.25, 0.3) is 0 Å². The van der Waals surface area contributed by atoms with Crippen LogP contribution in [0, 0.1) is 0 Å². The van der Waals surface area contributed by atoms with E-state index in [1.807, 2.05) is 19.1 Å². The quantitative estimate of drug-likeness (QED) is 0.427. The zero-order valence-electron chi connectivity index (χ0n) is 23.8. The van der Waals surface area contributed by atoms with Crippen molar-refractivity contribution in [2.75, 3.05) is 41.2 Å².